The summed E-state index contributed by atoms with van der Waals surface area (Å²) in [6, 6.07) is -3.79. The van der Waals surface area contributed by atoms with E-state index in [1.807, 2.05) is 4.90 Å². The van der Waals surface area contributed by atoms with Crippen molar-refractivity contribution in [2.24, 2.45) is 17.8 Å². The zero-order valence-electron chi connectivity index (χ0n) is 63.1. The van der Waals surface area contributed by atoms with E-state index >= 15 is 0 Å². The Balaban J connectivity index is 6.97. The second kappa shape index (κ2) is 61.5. The fourth-order valence-electron chi connectivity index (χ4n) is 12.1. The van der Waals surface area contributed by atoms with Crippen molar-refractivity contribution in [3.63, 3.8) is 0 Å². The summed E-state index contributed by atoms with van der Waals surface area (Å²) in [5, 5.41) is 105. The van der Waals surface area contributed by atoms with Gasteiger partial charge < -0.3 is 76.6 Å². The van der Waals surface area contributed by atoms with Gasteiger partial charge in [-0.1, -0.05) is 262 Å². The molecule has 0 saturated carbocycles. The van der Waals surface area contributed by atoms with Crippen molar-refractivity contribution >= 4 is 100 Å². The van der Waals surface area contributed by atoms with E-state index in [-0.39, 0.29) is 58.5 Å². The molecule has 100 heavy (non-hydrogen) atoms. The molecule has 0 aliphatic carbocycles. The molecule has 0 aromatic heterocycles. The largest absolute Gasteiger partial charge is 0.394 e. The number of amides is 6. The standard InChI is InChI=1S/C72H141N7O15S6/c1-10-13-16-19-22-25-28-31-43-95-98-46-34-61(89)77(70(49-80,50-81)51-82)64(58(4)5)67(92)73-37-40-76(41-38-74-68(93)65(59(6)7)78(71(52-83,53-84)54-85)62(90)35-47-99-96-44-32-29-26-23-20-17-14-11-2)42-39-75-69(94)66(60(8)9)79(72(55-86,56-87)57-88)63(91)36-48-100-97-45-33-30-27-24-21-18-15-12-3/h58-60,64-66,80-88H,10-57H2,1-9H3,(H,73,92)(H,74,93)(H,75,94). The van der Waals surface area contributed by atoms with Gasteiger partial charge in [0.1, 0.15) is 34.7 Å². The third kappa shape index (κ3) is 38.4. The molecule has 0 rings (SSSR count). The van der Waals surface area contributed by atoms with Crippen LogP contribution in [0.1, 0.15) is 236 Å². The number of carbonyl (C=O) groups is 6. The molecule has 0 spiro atoms. The first kappa shape index (κ1) is 98.5. The minimum absolute atomic E-state index is 0.0386. The monoisotopic (exact) mass is 1540 g/mol. The van der Waals surface area contributed by atoms with Crippen molar-refractivity contribution in [1.82, 2.24) is 35.6 Å². The molecule has 3 unspecified atom stereocenters. The summed E-state index contributed by atoms with van der Waals surface area (Å²) in [5.74, 6) is -1.35. The number of rotatable bonds is 69. The molecule has 0 heterocycles. The molecule has 28 heteroatoms. The number of unbranched alkanes of at least 4 members (excludes halogenated alkanes) is 21. The Kier molecular flexibility index (Phi) is 60.6. The minimum Gasteiger partial charge on any atom is -0.394 e. The average Bonchev–Trinajstić information content (AvgIpc) is 0.803. The van der Waals surface area contributed by atoms with Gasteiger partial charge in [0.2, 0.25) is 35.4 Å². The lowest BCUT2D eigenvalue weighted by Gasteiger charge is -2.46. The lowest BCUT2D eigenvalue weighted by molar-refractivity contribution is -0.159. The summed E-state index contributed by atoms with van der Waals surface area (Å²) in [6.45, 7) is 9.41. The maximum Gasteiger partial charge on any atom is 0.243 e. The molecule has 12 N–H and O–H groups in total. The fraction of sp³-hybridized carbons (Fsp3) is 0.917. The summed E-state index contributed by atoms with van der Waals surface area (Å²) in [5.41, 5.74) is -5.68. The van der Waals surface area contributed by atoms with E-state index in [0.29, 0.717) is 17.3 Å². The van der Waals surface area contributed by atoms with Crippen LogP contribution in [0, 0.1) is 17.8 Å². The second-order valence-electron chi connectivity index (χ2n) is 27.8. The maximum atomic E-state index is 14.6. The zero-order chi connectivity index (χ0) is 75.0. The number of aliphatic hydroxyl groups excluding tert-OH is 9. The summed E-state index contributed by atoms with van der Waals surface area (Å²) >= 11 is 0. The van der Waals surface area contributed by atoms with Crippen LogP contribution < -0.4 is 16.0 Å². The first-order valence-electron chi connectivity index (χ1n) is 37.9. The quantitative estimate of drug-likeness (QED) is 0.0199. The number of nitrogens with one attached hydrogen (secondary N) is 3. The topological polar surface area (TPSA) is 334 Å². The van der Waals surface area contributed by atoms with Gasteiger partial charge in [0.25, 0.3) is 0 Å². The van der Waals surface area contributed by atoms with Gasteiger partial charge in [0, 0.05) is 93.0 Å². The van der Waals surface area contributed by atoms with E-state index < -0.39 is 147 Å². The molecule has 0 bridgehead atoms. The van der Waals surface area contributed by atoms with Gasteiger partial charge in [0.15, 0.2) is 0 Å². The number of carbonyl (C=O) groups excluding carboxylic acids is 6. The van der Waals surface area contributed by atoms with Crippen molar-refractivity contribution < 1.29 is 74.7 Å². The molecule has 0 fully saturated rings. The lowest BCUT2D eigenvalue weighted by Crippen LogP contribution is -2.67. The Bertz CT molecular complexity index is 1840. The SMILES string of the molecule is CCCCCCCCCCSSCCC(=O)N(C(C(=O)NCCN(CCNC(=O)C(C(C)C)N(C(=O)CCSSCCCCCCCCCC)C(CO)(CO)CO)CCNC(=O)C(C(C)C)N(C(=O)CCSSCCCCCCCCCC)C(CO)(CO)CO)C(C)C)C(CO)(CO)CO. The predicted octanol–water partition coefficient (Wildman–Crippen LogP) is 9.08. The molecule has 0 aromatic rings. The van der Waals surface area contributed by atoms with Crippen LogP contribution >= 0.6 is 64.8 Å². The van der Waals surface area contributed by atoms with E-state index in [0.717, 1.165) is 70.5 Å². The number of nitrogens with zero attached hydrogens (tertiary/aromatic N) is 4. The summed E-state index contributed by atoms with van der Waals surface area (Å²) < 4.78 is 0. The molecule has 0 aliphatic rings. The Morgan fingerprint density at radius 3 is 0.680 bits per heavy atom. The zero-order valence-corrected chi connectivity index (χ0v) is 68.0. The maximum absolute atomic E-state index is 14.6. The number of aliphatic hydroxyl groups is 9. The highest BCUT2D eigenvalue weighted by Crippen LogP contribution is 2.32. The van der Waals surface area contributed by atoms with Crippen molar-refractivity contribution in [1.29, 1.82) is 0 Å². The predicted molar refractivity (Wildman–Crippen MR) is 420 cm³/mol. The normalized spacial score (nSPS) is 13.1. The number of hydrogen-bond acceptors (Lipinski definition) is 22. The highest BCUT2D eigenvalue weighted by atomic mass is 33.1. The van der Waals surface area contributed by atoms with E-state index in [1.165, 1.54) is 148 Å². The van der Waals surface area contributed by atoms with Crippen molar-refractivity contribution in [3.05, 3.63) is 0 Å². The van der Waals surface area contributed by atoms with Gasteiger partial charge >= 0.3 is 0 Å². The van der Waals surface area contributed by atoms with Gasteiger partial charge in [-0.05, 0) is 37.0 Å². The van der Waals surface area contributed by atoms with E-state index in [2.05, 4.69) is 36.7 Å². The molecule has 0 saturated heterocycles. The van der Waals surface area contributed by atoms with E-state index in [1.54, 1.807) is 73.9 Å². The molecule has 0 aliphatic heterocycles. The van der Waals surface area contributed by atoms with Crippen LogP contribution in [0.25, 0.3) is 0 Å². The van der Waals surface area contributed by atoms with E-state index in [4.69, 9.17) is 0 Å². The fourth-order valence-corrected chi connectivity index (χ4v) is 18.5. The van der Waals surface area contributed by atoms with Gasteiger partial charge in [0.05, 0.1) is 59.5 Å². The van der Waals surface area contributed by atoms with Crippen LogP contribution in [0.5, 0.6) is 0 Å². The third-order valence-electron chi connectivity index (χ3n) is 18.4. The second-order valence-corrected chi connectivity index (χ2v) is 35.9. The van der Waals surface area contributed by atoms with Crippen LogP contribution in [0.2, 0.25) is 0 Å². The first-order chi connectivity index (χ1) is 48.1. The molecule has 22 nitrogen and oxygen atoms in total. The van der Waals surface area contributed by atoms with Crippen LogP contribution in [0.4, 0.5) is 0 Å². The summed E-state index contributed by atoms with van der Waals surface area (Å²) in [4.78, 5) is 92.1. The average molecular weight is 1540 g/mol. The molecule has 0 aromatic carbocycles. The lowest BCUT2D eigenvalue weighted by atomic mass is 9.91. The van der Waals surface area contributed by atoms with Crippen molar-refractivity contribution in [2.75, 3.05) is 133 Å². The molecular formula is C72H141N7O15S6. The molecule has 3 atom stereocenters. The Hall–Kier alpha value is -1.48. The van der Waals surface area contributed by atoms with Gasteiger partial charge in [-0.2, -0.15) is 0 Å². The Morgan fingerprint density at radius 2 is 0.490 bits per heavy atom. The van der Waals surface area contributed by atoms with E-state index in [9.17, 15) is 74.7 Å². The van der Waals surface area contributed by atoms with Gasteiger partial charge in [-0.3, -0.25) is 33.7 Å². The highest BCUT2D eigenvalue weighted by Gasteiger charge is 2.49. The first-order valence-corrected chi connectivity index (χ1v) is 45.3. The van der Waals surface area contributed by atoms with Crippen LogP contribution in [-0.4, -0.2) is 269 Å². The third-order valence-corrected chi connectivity index (χ3v) is 25.9. The van der Waals surface area contributed by atoms with Crippen LogP contribution in [0.15, 0.2) is 0 Å². The van der Waals surface area contributed by atoms with Gasteiger partial charge in [-0.25, -0.2) is 0 Å². The van der Waals surface area contributed by atoms with Crippen LogP contribution in [0.3, 0.4) is 0 Å². The smallest absolute Gasteiger partial charge is 0.243 e. The molecule has 0 radical (unpaired) electrons. The Labute approximate surface area is 627 Å². The van der Waals surface area contributed by atoms with Gasteiger partial charge in [-0.15, -0.1) is 0 Å². The minimum atomic E-state index is -1.89. The molecular weight excluding hydrogens is 1400 g/mol. The molecule has 590 valence electrons. The highest BCUT2D eigenvalue weighted by molar-refractivity contribution is 8.77. The number of hydrogen-bond donors (Lipinski definition) is 12. The summed E-state index contributed by atoms with van der Waals surface area (Å²) in [6.07, 6.45) is 28.6. The van der Waals surface area contributed by atoms with Crippen LogP contribution in [-0.2, 0) is 28.8 Å². The van der Waals surface area contributed by atoms with Crippen molar-refractivity contribution in [3.8, 4) is 0 Å². The van der Waals surface area contributed by atoms with Crippen molar-refractivity contribution in [2.45, 2.75) is 270 Å². The Morgan fingerprint density at radius 1 is 0.300 bits per heavy atom. The summed E-state index contributed by atoms with van der Waals surface area (Å²) in [7, 11) is 9.57. The molecule has 6 amide bonds.